The minimum absolute atomic E-state index is 0.276. The summed E-state index contributed by atoms with van der Waals surface area (Å²) in [5, 5.41) is 13.0. The van der Waals surface area contributed by atoms with E-state index in [0.717, 1.165) is 8.95 Å². The van der Waals surface area contributed by atoms with Crippen molar-refractivity contribution < 1.29 is 19.1 Å². The molecule has 0 aliphatic carbocycles. The highest BCUT2D eigenvalue weighted by atomic mass is 79.9. The number of para-hydroxylation sites is 1. The number of esters is 1. The molecule has 0 aromatic heterocycles. The van der Waals surface area contributed by atoms with E-state index in [2.05, 4.69) is 42.4 Å². The van der Waals surface area contributed by atoms with Crippen LogP contribution in [0.5, 0.6) is 11.5 Å². The fraction of sp³-hybridized carbons (Fsp3) is 0.0435. The van der Waals surface area contributed by atoms with Crippen molar-refractivity contribution in [2.75, 3.05) is 6.61 Å². The number of nitriles is 1. The van der Waals surface area contributed by atoms with E-state index in [1.54, 1.807) is 66.7 Å². The highest BCUT2D eigenvalue weighted by Gasteiger charge is 2.12. The summed E-state index contributed by atoms with van der Waals surface area (Å²) in [5.74, 6) is -0.456. The largest absolute Gasteiger partial charge is 0.482 e. The molecule has 0 saturated carbocycles. The molecule has 160 valence electrons. The molecular weight excluding hydrogens is 542 g/mol. The molecule has 0 aliphatic rings. The van der Waals surface area contributed by atoms with E-state index in [1.165, 1.54) is 6.21 Å². The van der Waals surface area contributed by atoms with Crippen LogP contribution in [0, 0.1) is 11.3 Å². The van der Waals surface area contributed by atoms with Crippen LogP contribution in [0.15, 0.2) is 80.8 Å². The summed E-state index contributed by atoms with van der Waals surface area (Å²) in [4.78, 5) is 24.4. The van der Waals surface area contributed by atoms with Gasteiger partial charge in [-0.25, -0.2) is 10.2 Å². The Bertz CT molecular complexity index is 1200. The van der Waals surface area contributed by atoms with E-state index in [9.17, 15) is 9.59 Å². The zero-order valence-corrected chi connectivity index (χ0v) is 19.6. The lowest BCUT2D eigenvalue weighted by Crippen LogP contribution is -2.24. The lowest BCUT2D eigenvalue weighted by molar-refractivity contribution is -0.123. The van der Waals surface area contributed by atoms with Crippen LogP contribution in [0.1, 0.15) is 21.5 Å². The molecule has 3 aromatic rings. The Balaban J connectivity index is 1.63. The molecule has 0 fully saturated rings. The maximum atomic E-state index is 12.4. The zero-order chi connectivity index (χ0) is 22.9. The molecule has 0 radical (unpaired) electrons. The van der Waals surface area contributed by atoms with Crippen molar-refractivity contribution in [2.24, 2.45) is 5.10 Å². The molecule has 0 bridgehead atoms. The van der Waals surface area contributed by atoms with Gasteiger partial charge in [0.2, 0.25) is 0 Å². The van der Waals surface area contributed by atoms with Crippen LogP contribution in [0.3, 0.4) is 0 Å². The summed E-state index contributed by atoms with van der Waals surface area (Å²) < 4.78 is 12.4. The van der Waals surface area contributed by atoms with Crippen molar-refractivity contribution in [3.05, 3.63) is 92.4 Å². The number of ether oxygens (including phenoxy) is 2. The van der Waals surface area contributed by atoms with Gasteiger partial charge < -0.3 is 9.47 Å². The summed E-state index contributed by atoms with van der Waals surface area (Å²) in [5.41, 5.74) is 3.53. The lowest BCUT2D eigenvalue weighted by atomic mass is 10.2. The predicted octanol–water partition coefficient (Wildman–Crippen LogP) is 4.83. The molecule has 0 unspecified atom stereocenters. The molecule has 0 heterocycles. The van der Waals surface area contributed by atoms with Gasteiger partial charge in [0.25, 0.3) is 5.91 Å². The molecule has 0 atom stereocenters. The first-order chi connectivity index (χ1) is 15.5. The number of amides is 1. The number of hydrogen-bond acceptors (Lipinski definition) is 6. The van der Waals surface area contributed by atoms with Gasteiger partial charge in [-0.05, 0) is 54.6 Å². The number of hydrogen-bond donors (Lipinski definition) is 1. The van der Waals surface area contributed by atoms with E-state index in [4.69, 9.17) is 14.7 Å². The fourth-order valence-corrected chi connectivity index (χ4v) is 3.14. The minimum Gasteiger partial charge on any atom is -0.482 e. The van der Waals surface area contributed by atoms with Crippen LogP contribution in [0.2, 0.25) is 0 Å². The van der Waals surface area contributed by atoms with E-state index in [-0.39, 0.29) is 12.4 Å². The third kappa shape index (κ3) is 6.51. The Labute approximate surface area is 200 Å². The second-order valence-corrected chi connectivity index (χ2v) is 8.10. The van der Waals surface area contributed by atoms with E-state index in [0.29, 0.717) is 22.4 Å². The SMILES string of the molecule is N#Cc1ccccc1OCC(=O)N/N=C\c1cc(Br)ccc1OC(=O)c1ccc(Br)cc1. The monoisotopic (exact) mass is 555 g/mol. The Morgan fingerprint density at radius 2 is 1.72 bits per heavy atom. The van der Waals surface area contributed by atoms with Crippen molar-refractivity contribution in [1.82, 2.24) is 5.43 Å². The summed E-state index contributed by atoms with van der Waals surface area (Å²) in [6.07, 6.45) is 1.36. The normalized spacial score (nSPS) is 10.4. The van der Waals surface area contributed by atoms with Gasteiger partial charge in [-0.15, -0.1) is 0 Å². The van der Waals surface area contributed by atoms with Crippen LogP contribution in [0.4, 0.5) is 0 Å². The van der Waals surface area contributed by atoms with Gasteiger partial charge in [0.05, 0.1) is 17.3 Å². The van der Waals surface area contributed by atoms with Gasteiger partial charge in [0, 0.05) is 14.5 Å². The third-order valence-electron chi connectivity index (χ3n) is 4.01. The third-order valence-corrected chi connectivity index (χ3v) is 5.04. The molecule has 3 aromatic carbocycles. The zero-order valence-electron chi connectivity index (χ0n) is 16.4. The van der Waals surface area contributed by atoms with E-state index < -0.39 is 11.9 Å². The molecule has 0 aliphatic heterocycles. The molecule has 1 amide bonds. The Morgan fingerprint density at radius 3 is 2.47 bits per heavy atom. The number of rotatable bonds is 7. The standard InChI is InChI=1S/C23H15Br2N3O4/c24-18-7-5-15(6-8-18)23(30)32-21-10-9-19(25)11-17(21)13-27-28-22(29)14-31-20-4-2-1-3-16(20)12-26/h1-11,13H,14H2,(H,28,29)/b27-13-. The van der Waals surface area contributed by atoms with Crippen molar-refractivity contribution in [3.8, 4) is 17.6 Å². The smallest absolute Gasteiger partial charge is 0.343 e. The molecule has 0 spiro atoms. The predicted molar refractivity (Wildman–Crippen MR) is 126 cm³/mol. The highest BCUT2D eigenvalue weighted by molar-refractivity contribution is 9.10. The van der Waals surface area contributed by atoms with Crippen LogP contribution in [-0.2, 0) is 4.79 Å². The second-order valence-electron chi connectivity index (χ2n) is 6.27. The summed E-state index contributed by atoms with van der Waals surface area (Å²) in [6, 6.07) is 20.4. The van der Waals surface area contributed by atoms with Crippen molar-refractivity contribution in [1.29, 1.82) is 5.26 Å². The second kappa shape index (κ2) is 11.2. The molecule has 9 heteroatoms. The first-order valence-corrected chi connectivity index (χ1v) is 10.8. The van der Waals surface area contributed by atoms with Crippen LogP contribution in [0.25, 0.3) is 0 Å². The Morgan fingerprint density at radius 1 is 1.00 bits per heavy atom. The molecular formula is C23H15Br2N3O4. The van der Waals surface area contributed by atoms with Crippen LogP contribution >= 0.6 is 31.9 Å². The molecule has 1 N–H and O–H groups in total. The topological polar surface area (TPSA) is 101 Å². The molecule has 7 nitrogen and oxygen atoms in total. The summed E-state index contributed by atoms with van der Waals surface area (Å²) in [7, 11) is 0. The molecule has 0 saturated heterocycles. The lowest BCUT2D eigenvalue weighted by Gasteiger charge is -2.08. The van der Waals surface area contributed by atoms with Crippen molar-refractivity contribution in [3.63, 3.8) is 0 Å². The maximum Gasteiger partial charge on any atom is 0.343 e. The maximum absolute atomic E-state index is 12.4. The number of carbonyl (C=O) groups is 2. The van der Waals surface area contributed by atoms with E-state index in [1.807, 2.05) is 6.07 Å². The van der Waals surface area contributed by atoms with Gasteiger partial charge in [-0.2, -0.15) is 10.4 Å². The number of halogens is 2. The minimum atomic E-state index is -0.525. The van der Waals surface area contributed by atoms with Crippen LogP contribution in [-0.4, -0.2) is 24.7 Å². The van der Waals surface area contributed by atoms with Gasteiger partial charge in [0.1, 0.15) is 17.6 Å². The number of benzene rings is 3. The first-order valence-electron chi connectivity index (χ1n) is 9.17. The van der Waals surface area contributed by atoms with Gasteiger partial charge in [-0.1, -0.05) is 44.0 Å². The number of carbonyl (C=O) groups excluding carboxylic acids is 2. The van der Waals surface area contributed by atoms with E-state index >= 15 is 0 Å². The summed E-state index contributed by atoms with van der Waals surface area (Å²) in [6.45, 7) is -0.320. The van der Waals surface area contributed by atoms with Gasteiger partial charge in [-0.3, -0.25) is 4.79 Å². The van der Waals surface area contributed by atoms with Crippen LogP contribution < -0.4 is 14.9 Å². The first kappa shape index (κ1) is 23.2. The van der Waals surface area contributed by atoms with Gasteiger partial charge >= 0.3 is 5.97 Å². The number of hydrazone groups is 1. The van der Waals surface area contributed by atoms with Crippen molar-refractivity contribution in [2.45, 2.75) is 0 Å². The Kier molecular flexibility index (Phi) is 8.14. The molecule has 3 rings (SSSR count). The fourth-order valence-electron chi connectivity index (χ4n) is 2.49. The number of nitrogens with zero attached hydrogens (tertiary/aromatic N) is 2. The van der Waals surface area contributed by atoms with Gasteiger partial charge in [0.15, 0.2) is 6.61 Å². The quantitative estimate of drug-likeness (QED) is 0.194. The summed E-state index contributed by atoms with van der Waals surface area (Å²) >= 11 is 6.68. The highest BCUT2D eigenvalue weighted by Crippen LogP contribution is 2.23. The molecule has 32 heavy (non-hydrogen) atoms. The average molecular weight is 557 g/mol. The number of nitrogens with one attached hydrogen (secondary N) is 1. The van der Waals surface area contributed by atoms with Crippen molar-refractivity contribution >= 4 is 50.0 Å². The Hall–Kier alpha value is -3.48. The average Bonchev–Trinajstić information content (AvgIpc) is 2.80.